The number of nitrogens with one attached hydrogen (secondary N) is 1. The van der Waals surface area contributed by atoms with Gasteiger partial charge in [0.1, 0.15) is 0 Å². The van der Waals surface area contributed by atoms with Crippen molar-refractivity contribution in [3.8, 4) is 0 Å². The lowest BCUT2D eigenvalue weighted by Crippen LogP contribution is -2.40. The first-order chi connectivity index (χ1) is 5.30. The van der Waals surface area contributed by atoms with Gasteiger partial charge >= 0.3 is 0 Å². The first kappa shape index (κ1) is 8.53. The lowest BCUT2D eigenvalue weighted by Gasteiger charge is -2.08. The molecule has 1 rings (SSSR count). The average Bonchev–Trinajstić information content (AvgIpc) is 2.07. The second-order valence-electron chi connectivity index (χ2n) is 3.10. The molecule has 3 N–H and O–H groups in total. The smallest absolute Gasteiger partial charge is 0.236 e. The fourth-order valence-corrected chi connectivity index (χ4v) is 1.32. The summed E-state index contributed by atoms with van der Waals surface area (Å²) in [5.41, 5.74) is 5.61. The Morgan fingerprint density at radius 1 is 1.27 bits per heavy atom. The molecule has 3 nitrogen and oxygen atoms in total. The van der Waals surface area contributed by atoms with E-state index in [1.807, 2.05) is 0 Å². The predicted molar refractivity (Wildman–Crippen MR) is 44.1 cm³/mol. The fourth-order valence-electron chi connectivity index (χ4n) is 1.32. The molecule has 0 bridgehead atoms. The van der Waals surface area contributed by atoms with Crippen molar-refractivity contribution < 1.29 is 4.79 Å². The van der Waals surface area contributed by atoms with Crippen LogP contribution in [0, 0.1) is 0 Å². The molecule has 0 saturated carbocycles. The van der Waals surface area contributed by atoms with Crippen molar-refractivity contribution in [2.75, 3.05) is 6.54 Å². The van der Waals surface area contributed by atoms with Gasteiger partial charge in [-0.15, -0.1) is 0 Å². The largest absolute Gasteiger partial charge is 0.355 e. The summed E-state index contributed by atoms with van der Waals surface area (Å²) in [6, 6.07) is -0.270. The van der Waals surface area contributed by atoms with Crippen LogP contribution in [0.4, 0.5) is 0 Å². The second-order valence-corrected chi connectivity index (χ2v) is 3.10. The van der Waals surface area contributed by atoms with Gasteiger partial charge in [0.05, 0.1) is 6.04 Å². The number of hydrogen-bond acceptors (Lipinski definition) is 2. The number of hydrogen-bond donors (Lipinski definition) is 2. The first-order valence-electron chi connectivity index (χ1n) is 4.34. The van der Waals surface area contributed by atoms with Crippen LogP contribution < -0.4 is 11.1 Å². The topological polar surface area (TPSA) is 55.1 Å². The maximum absolute atomic E-state index is 11.1. The highest BCUT2D eigenvalue weighted by Gasteiger charge is 2.13. The molecule has 1 aliphatic heterocycles. The normalized spacial score (nSPS) is 28.1. The number of carbonyl (C=O) groups is 1. The molecule has 11 heavy (non-hydrogen) atoms. The molecular weight excluding hydrogens is 140 g/mol. The molecular formula is C8H16N2O. The van der Waals surface area contributed by atoms with Crippen LogP contribution in [0.25, 0.3) is 0 Å². The first-order valence-corrected chi connectivity index (χ1v) is 4.34. The highest BCUT2D eigenvalue weighted by molar-refractivity contribution is 5.81. The van der Waals surface area contributed by atoms with Gasteiger partial charge in [0.2, 0.25) is 5.91 Å². The summed E-state index contributed by atoms with van der Waals surface area (Å²) in [6.07, 6.45) is 5.45. The van der Waals surface area contributed by atoms with E-state index >= 15 is 0 Å². The van der Waals surface area contributed by atoms with Crippen LogP contribution in [0.1, 0.15) is 32.1 Å². The predicted octanol–water partition coefficient (Wildman–Crippen LogP) is 0.394. The van der Waals surface area contributed by atoms with Gasteiger partial charge in [0, 0.05) is 6.54 Å². The lowest BCUT2D eigenvalue weighted by atomic mass is 10.1. The third-order valence-corrected chi connectivity index (χ3v) is 2.08. The molecule has 0 aliphatic carbocycles. The standard InChI is InChI=1S/C8H16N2O/c9-7-5-3-1-2-4-6-10-8(7)11/h7H,1-6,9H2,(H,10,11). The Hall–Kier alpha value is -0.570. The molecule has 0 spiro atoms. The third-order valence-electron chi connectivity index (χ3n) is 2.08. The van der Waals surface area contributed by atoms with Gasteiger partial charge in [-0.3, -0.25) is 4.79 Å². The summed E-state index contributed by atoms with van der Waals surface area (Å²) in [4.78, 5) is 11.1. The molecule has 0 aromatic rings. The van der Waals surface area contributed by atoms with Gasteiger partial charge in [0.25, 0.3) is 0 Å². The van der Waals surface area contributed by atoms with Crippen LogP contribution in [0.5, 0.6) is 0 Å². The van der Waals surface area contributed by atoms with Crippen molar-refractivity contribution in [1.29, 1.82) is 0 Å². The zero-order chi connectivity index (χ0) is 8.10. The number of nitrogens with two attached hydrogens (primary N) is 1. The summed E-state index contributed by atoms with van der Waals surface area (Å²) in [6.45, 7) is 0.798. The van der Waals surface area contributed by atoms with Gasteiger partial charge in [-0.05, 0) is 12.8 Å². The lowest BCUT2D eigenvalue weighted by molar-refractivity contribution is -0.122. The van der Waals surface area contributed by atoms with Crippen molar-refractivity contribution in [2.24, 2.45) is 5.73 Å². The summed E-state index contributed by atoms with van der Waals surface area (Å²) in [7, 11) is 0. The zero-order valence-electron chi connectivity index (χ0n) is 6.81. The SMILES string of the molecule is NC1CCCCCCNC1=O. The van der Waals surface area contributed by atoms with E-state index < -0.39 is 0 Å². The van der Waals surface area contributed by atoms with E-state index in [4.69, 9.17) is 5.73 Å². The molecule has 64 valence electrons. The van der Waals surface area contributed by atoms with Crippen molar-refractivity contribution in [3.63, 3.8) is 0 Å². The van der Waals surface area contributed by atoms with Crippen LogP contribution in [-0.2, 0) is 4.79 Å². The monoisotopic (exact) mass is 156 g/mol. The highest BCUT2D eigenvalue weighted by atomic mass is 16.2. The Morgan fingerprint density at radius 3 is 2.82 bits per heavy atom. The molecule has 0 radical (unpaired) electrons. The van der Waals surface area contributed by atoms with Crippen LogP contribution in [0.15, 0.2) is 0 Å². The molecule has 3 heteroatoms. The van der Waals surface area contributed by atoms with Crippen molar-refractivity contribution in [2.45, 2.75) is 38.1 Å². The van der Waals surface area contributed by atoms with E-state index in [0.29, 0.717) is 0 Å². The molecule has 0 aromatic heterocycles. The van der Waals surface area contributed by atoms with Crippen molar-refractivity contribution in [3.05, 3.63) is 0 Å². The Bertz CT molecular complexity index is 136. The fraction of sp³-hybridized carbons (Fsp3) is 0.875. The van der Waals surface area contributed by atoms with Crippen LogP contribution in [0.2, 0.25) is 0 Å². The summed E-state index contributed by atoms with van der Waals surface area (Å²) >= 11 is 0. The maximum atomic E-state index is 11.1. The van der Waals surface area contributed by atoms with E-state index in [1.165, 1.54) is 12.8 Å². The molecule has 1 amide bonds. The van der Waals surface area contributed by atoms with Gasteiger partial charge in [-0.1, -0.05) is 19.3 Å². The van der Waals surface area contributed by atoms with Crippen molar-refractivity contribution >= 4 is 5.91 Å². The molecule has 1 saturated heterocycles. The minimum absolute atomic E-state index is 0.0203. The number of rotatable bonds is 0. The van der Waals surface area contributed by atoms with Crippen molar-refractivity contribution in [1.82, 2.24) is 5.32 Å². The minimum Gasteiger partial charge on any atom is -0.355 e. The Kier molecular flexibility index (Phi) is 3.36. The van der Waals surface area contributed by atoms with Gasteiger partial charge in [-0.25, -0.2) is 0 Å². The number of carbonyl (C=O) groups excluding carboxylic acids is 1. The quantitative estimate of drug-likeness (QED) is 0.533. The van der Waals surface area contributed by atoms with E-state index in [2.05, 4.69) is 5.32 Å². The molecule has 1 heterocycles. The molecule has 1 atom stereocenters. The van der Waals surface area contributed by atoms with E-state index in [0.717, 1.165) is 25.8 Å². The zero-order valence-corrected chi connectivity index (χ0v) is 6.81. The van der Waals surface area contributed by atoms with Gasteiger partial charge < -0.3 is 11.1 Å². The molecule has 1 aliphatic rings. The number of amides is 1. The minimum atomic E-state index is -0.270. The second kappa shape index (κ2) is 4.34. The van der Waals surface area contributed by atoms with E-state index in [9.17, 15) is 4.79 Å². The average molecular weight is 156 g/mol. The maximum Gasteiger partial charge on any atom is 0.236 e. The summed E-state index contributed by atoms with van der Waals surface area (Å²) in [5.74, 6) is 0.0203. The molecule has 0 aromatic carbocycles. The Labute approximate surface area is 67.3 Å². The molecule has 1 fully saturated rings. The third kappa shape index (κ3) is 2.89. The van der Waals surface area contributed by atoms with Gasteiger partial charge in [0.15, 0.2) is 0 Å². The Morgan fingerprint density at radius 2 is 2.00 bits per heavy atom. The van der Waals surface area contributed by atoms with Crippen LogP contribution in [-0.4, -0.2) is 18.5 Å². The summed E-state index contributed by atoms with van der Waals surface area (Å²) < 4.78 is 0. The van der Waals surface area contributed by atoms with E-state index in [1.54, 1.807) is 0 Å². The van der Waals surface area contributed by atoms with E-state index in [-0.39, 0.29) is 11.9 Å². The highest BCUT2D eigenvalue weighted by Crippen LogP contribution is 2.06. The van der Waals surface area contributed by atoms with Gasteiger partial charge in [-0.2, -0.15) is 0 Å². The van der Waals surface area contributed by atoms with Crippen LogP contribution in [0.3, 0.4) is 0 Å². The summed E-state index contributed by atoms with van der Waals surface area (Å²) in [5, 5.41) is 2.81. The molecule has 1 unspecified atom stereocenters. The van der Waals surface area contributed by atoms with Crippen LogP contribution >= 0.6 is 0 Å². The Balaban J connectivity index is 2.35.